The Balaban J connectivity index is 1.23. The van der Waals surface area contributed by atoms with Crippen molar-refractivity contribution in [2.75, 3.05) is 0 Å². The molecule has 0 spiro atoms. The van der Waals surface area contributed by atoms with Crippen LogP contribution in [0.15, 0.2) is 83.6 Å². The number of imidazole rings is 1. The van der Waals surface area contributed by atoms with Crippen LogP contribution in [0.1, 0.15) is 18.1 Å². The van der Waals surface area contributed by atoms with Gasteiger partial charge in [-0.05, 0) is 42.3 Å². The van der Waals surface area contributed by atoms with Crippen molar-refractivity contribution in [3.63, 3.8) is 0 Å². The third kappa shape index (κ3) is 3.63. The molecule has 2 N–H and O–H groups in total. The zero-order valence-electron chi connectivity index (χ0n) is 18.7. The Kier molecular flexibility index (Phi) is 4.70. The van der Waals surface area contributed by atoms with Gasteiger partial charge in [0.05, 0.1) is 17.4 Å². The van der Waals surface area contributed by atoms with Crippen LogP contribution in [0.25, 0.3) is 33.9 Å². The Labute approximate surface area is 199 Å². The Morgan fingerprint density at radius 3 is 2.60 bits per heavy atom. The SMILES string of the molecule is CC1(c2cccc(-c3nc(-c4ccc(Cn5cnc6ccccc65)cc4)no3)c2)NC(=O)NC1=O. The third-order valence-corrected chi connectivity index (χ3v) is 6.25. The van der Waals surface area contributed by atoms with Gasteiger partial charge in [-0.2, -0.15) is 4.98 Å². The molecule has 0 bridgehead atoms. The van der Waals surface area contributed by atoms with Crippen LogP contribution in [0.3, 0.4) is 0 Å². The largest absolute Gasteiger partial charge is 0.334 e. The average Bonchev–Trinajstić information content (AvgIpc) is 3.58. The molecule has 5 aromatic rings. The summed E-state index contributed by atoms with van der Waals surface area (Å²) in [5.74, 6) is 0.377. The van der Waals surface area contributed by atoms with E-state index in [2.05, 4.69) is 36.4 Å². The molecule has 1 unspecified atom stereocenters. The van der Waals surface area contributed by atoms with Crippen molar-refractivity contribution in [3.05, 3.63) is 90.3 Å². The number of urea groups is 1. The zero-order chi connectivity index (χ0) is 24.0. The van der Waals surface area contributed by atoms with Crippen molar-refractivity contribution in [3.8, 4) is 22.8 Å². The second-order valence-electron chi connectivity index (χ2n) is 8.60. The molecule has 1 atom stereocenters. The summed E-state index contributed by atoms with van der Waals surface area (Å²) < 4.78 is 7.61. The van der Waals surface area contributed by atoms with Crippen molar-refractivity contribution >= 4 is 23.0 Å². The van der Waals surface area contributed by atoms with E-state index in [1.54, 1.807) is 25.1 Å². The lowest BCUT2D eigenvalue weighted by molar-refractivity contribution is -0.123. The first-order valence-electron chi connectivity index (χ1n) is 11.1. The maximum atomic E-state index is 12.3. The fourth-order valence-electron chi connectivity index (χ4n) is 4.26. The molecule has 9 heteroatoms. The Morgan fingerprint density at radius 1 is 0.971 bits per heavy atom. The first-order valence-corrected chi connectivity index (χ1v) is 11.1. The molecule has 3 aromatic carbocycles. The topological polar surface area (TPSA) is 115 Å². The predicted octanol–water partition coefficient (Wildman–Crippen LogP) is 3.86. The number of fused-ring (bicyclic) bond motifs is 1. The number of hydrogen-bond donors (Lipinski definition) is 2. The molecule has 0 radical (unpaired) electrons. The second kappa shape index (κ2) is 7.91. The van der Waals surface area contributed by atoms with Crippen molar-refractivity contribution < 1.29 is 14.1 Å². The number of para-hydroxylation sites is 2. The highest BCUT2D eigenvalue weighted by Crippen LogP contribution is 2.29. The summed E-state index contributed by atoms with van der Waals surface area (Å²) in [6.45, 7) is 2.35. The summed E-state index contributed by atoms with van der Waals surface area (Å²) in [6, 6.07) is 22.6. The van der Waals surface area contributed by atoms with E-state index in [9.17, 15) is 9.59 Å². The van der Waals surface area contributed by atoms with Crippen LogP contribution in [-0.4, -0.2) is 31.6 Å². The van der Waals surface area contributed by atoms with Crippen LogP contribution in [0.2, 0.25) is 0 Å². The van der Waals surface area contributed by atoms with E-state index in [4.69, 9.17) is 4.52 Å². The molecule has 3 amide bonds. The van der Waals surface area contributed by atoms with Gasteiger partial charge in [-0.3, -0.25) is 10.1 Å². The van der Waals surface area contributed by atoms with Gasteiger partial charge >= 0.3 is 6.03 Å². The lowest BCUT2D eigenvalue weighted by Crippen LogP contribution is -2.40. The summed E-state index contributed by atoms with van der Waals surface area (Å²) in [6.07, 6.45) is 1.85. The molecular formula is C26H20N6O3. The van der Waals surface area contributed by atoms with Crippen LogP contribution in [0, 0.1) is 0 Å². The average molecular weight is 464 g/mol. The highest BCUT2D eigenvalue weighted by atomic mass is 16.5. The monoisotopic (exact) mass is 464 g/mol. The van der Waals surface area contributed by atoms with Gasteiger partial charge in [0.1, 0.15) is 5.54 Å². The zero-order valence-corrected chi connectivity index (χ0v) is 18.7. The van der Waals surface area contributed by atoms with Crippen LogP contribution in [0.5, 0.6) is 0 Å². The molecule has 3 heterocycles. The second-order valence-corrected chi connectivity index (χ2v) is 8.60. The molecule has 0 saturated carbocycles. The van der Waals surface area contributed by atoms with Gasteiger partial charge in [0.15, 0.2) is 0 Å². The van der Waals surface area contributed by atoms with Crippen molar-refractivity contribution in [1.29, 1.82) is 0 Å². The Bertz CT molecular complexity index is 1590. The smallest absolute Gasteiger partial charge is 0.322 e. The predicted molar refractivity (Wildman–Crippen MR) is 128 cm³/mol. The number of hydrogen-bond acceptors (Lipinski definition) is 6. The van der Waals surface area contributed by atoms with Gasteiger partial charge < -0.3 is 14.4 Å². The molecule has 1 saturated heterocycles. The van der Waals surface area contributed by atoms with E-state index < -0.39 is 17.5 Å². The Morgan fingerprint density at radius 2 is 1.80 bits per heavy atom. The molecule has 1 aliphatic rings. The van der Waals surface area contributed by atoms with Crippen molar-refractivity contribution in [2.24, 2.45) is 0 Å². The van der Waals surface area contributed by atoms with Gasteiger partial charge in [-0.1, -0.05) is 53.7 Å². The molecule has 6 rings (SSSR count). The number of nitrogens with zero attached hydrogens (tertiary/aromatic N) is 4. The van der Waals surface area contributed by atoms with Gasteiger partial charge in [0, 0.05) is 17.7 Å². The normalized spacial score (nSPS) is 17.5. The molecule has 172 valence electrons. The minimum absolute atomic E-state index is 0.323. The molecule has 1 aliphatic heterocycles. The highest BCUT2D eigenvalue weighted by Gasteiger charge is 2.43. The number of imide groups is 1. The van der Waals surface area contributed by atoms with E-state index >= 15 is 0 Å². The van der Waals surface area contributed by atoms with Gasteiger partial charge in [0.25, 0.3) is 11.8 Å². The number of carbonyl (C=O) groups excluding carboxylic acids is 2. The first kappa shape index (κ1) is 20.8. The van der Waals surface area contributed by atoms with Crippen molar-refractivity contribution in [2.45, 2.75) is 19.0 Å². The Hall–Kier alpha value is -4.79. The molecule has 2 aromatic heterocycles. The van der Waals surface area contributed by atoms with E-state index in [0.717, 1.165) is 22.2 Å². The van der Waals surface area contributed by atoms with E-state index in [1.165, 1.54) is 0 Å². The summed E-state index contributed by atoms with van der Waals surface area (Å²) in [5.41, 5.74) is 4.12. The first-order chi connectivity index (χ1) is 17.0. The van der Waals surface area contributed by atoms with Crippen LogP contribution >= 0.6 is 0 Å². The van der Waals surface area contributed by atoms with Crippen LogP contribution in [-0.2, 0) is 16.9 Å². The number of rotatable bonds is 5. The van der Waals surface area contributed by atoms with Gasteiger partial charge in [-0.15, -0.1) is 0 Å². The minimum Gasteiger partial charge on any atom is -0.334 e. The fraction of sp³-hybridized carbons (Fsp3) is 0.115. The molecular weight excluding hydrogens is 444 g/mol. The maximum Gasteiger partial charge on any atom is 0.322 e. The lowest BCUT2D eigenvalue weighted by Gasteiger charge is -2.21. The van der Waals surface area contributed by atoms with E-state index in [-0.39, 0.29) is 0 Å². The lowest BCUT2D eigenvalue weighted by atomic mass is 9.91. The maximum absolute atomic E-state index is 12.3. The number of benzene rings is 3. The molecule has 1 fully saturated rings. The standard InChI is InChI=1S/C26H20N6O3/c1-26(24(33)29-25(34)30-26)19-6-4-5-18(13-19)23-28-22(31-35-23)17-11-9-16(10-12-17)14-32-15-27-20-7-2-3-8-21(20)32/h2-13,15H,14H2,1H3,(H2,29,30,33,34). The molecule has 35 heavy (non-hydrogen) atoms. The summed E-state index contributed by atoms with van der Waals surface area (Å²) in [4.78, 5) is 32.9. The highest BCUT2D eigenvalue weighted by molar-refractivity contribution is 6.07. The number of nitrogens with one attached hydrogen (secondary N) is 2. The van der Waals surface area contributed by atoms with Crippen LogP contribution in [0.4, 0.5) is 4.79 Å². The van der Waals surface area contributed by atoms with E-state index in [1.807, 2.05) is 54.9 Å². The third-order valence-electron chi connectivity index (χ3n) is 6.25. The summed E-state index contributed by atoms with van der Waals surface area (Å²) >= 11 is 0. The molecule has 9 nitrogen and oxygen atoms in total. The van der Waals surface area contributed by atoms with Crippen LogP contribution < -0.4 is 10.6 Å². The number of aromatic nitrogens is 4. The minimum atomic E-state index is -1.16. The quantitative estimate of drug-likeness (QED) is 0.382. The number of amides is 3. The summed E-state index contributed by atoms with van der Waals surface area (Å²) in [7, 11) is 0. The fourth-order valence-corrected chi connectivity index (χ4v) is 4.26. The van der Waals surface area contributed by atoms with Gasteiger partial charge in [-0.25, -0.2) is 9.78 Å². The number of carbonyl (C=O) groups is 2. The van der Waals surface area contributed by atoms with Crippen molar-refractivity contribution in [1.82, 2.24) is 30.3 Å². The summed E-state index contributed by atoms with van der Waals surface area (Å²) in [5, 5.41) is 9.07. The molecule has 0 aliphatic carbocycles. The van der Waals surface area contributed by atoms with E-state index in [0.29, 0.717) is 29.4 Å². The van der Waals surface area contributed by atoms with Gasteiger partial charge in [0.2, 0.25) is 5.82 Å².